The van der Waals surface area contributed by atoms with Crippen molar-refractivity contribution in [3.63, 3.8) is 0 Å². The SMILES string of the molecule is COc1ccc(CCC2CCN(C(=O)Nc3cccc(-c4nnnn4C)c3)CC2)cc1. The number of hydrogen-bond donors (Lipinski definition) is 1. The summed E-state index contributed by atoms with van der Waals surface area (Å²) in [5, 5.41) is 14.6. The molecule has 8 nitrogen and oxygen atoms in total. The predicted octanol–water partition coefficient (Wildman–Crippen LogP) is 3.76. The van der Waals surface area contributed by atoms with E-state index in [9.17, 15) is 4.79 Å². The summed E-state index contributed by atoms with van der Waals surface area (Å²) in [4.78, 5) is 14.6. The third-order valence-corrected chi connectivity index (χ3v) is 5.89. The maximum absolute atomic E-state index is 12.7. The Morgan fingerprint density at radius 1 is 1.16 bits per heavy atom. The molecule has 0 radical (unpaired) electrons. The summed E-state index contributed by atoms with van der Waals surface area (Å²) in [5.74, 6) is 2.20. The van der Waals surface area contributed by atoms with Gasteiger partial charge >= 0.3 is 6.03 Å². The molecule has 3 aromatic rings. The molecule has 4 rings (SSSR count). The van der Waals surface area contributed by atoms with Gasteiger partial charge in [0.2, 0.25) is 0 Å². The quantitative estimate of drug-likeness (QED) is 0.656. The van der Waals surface area contributed by atoms with Gasteiger partial charge in [0.15, 0.2) is 5.82 Å². The van der Waals surface area contributed by atoms with Crippen molar-refractivity contribution in [3.8, 4) is 17.1 Å². The van der Waals surface area contributed by atoms with E-state index in [4.69, 9.17) is 4.74 Å². The minimum atomic E-state index is -0.0538. The lowest BCUT2D eigenvalue weighted by atomic mass is 9.90. The third-order valence-electron chi connectivity index (χ3n) is 5.89. The van der Waals surface area contributed by atoms with Crippen molar-refractivity contribution < 1.29 is 9.53 Å². The highest BCUT2D eigenvalue weighted by atomic mass is 16.5. The van der Waals surface area contributed by atoms with Gasteiger partial charge in [-0.1, -0.05) is 24.3 Å². The van der Waals surface area contributed by atoms with E-state index in [-0.39, 0.29) is 6.03 Å². The second kappa shape index (κ2) is 9.59. The molecule has 2 amide bonds. The van der Waals surface area contributed by atoms with E-state index < -0.39 is 0 Å². The van der Waals surface area contributed by atoms with Gasteiger partial charge in [-0.25, -0.2) is 9.48 Å². The summed E-state index contributed by atoms with van der Waals surface area (Å²) in [6.07, 6.45) is 4.28. The number of aryl methyl sites for hydroxylation is 2. The van der Waals surface area contributed by atoms with Gasteiger partial charge < -0.3 is 15.0 Å². The molecule has 1 aliphatic rings. The second-order valence-corrected chi connectivity index (χ2v) is 7.95. The Kier molecular flexibility index (Phi) is 6.45. The number of anilines is 1. The van der Waals surface area contributed by atoms with Gasteiger partial charge in [0.25, 0.3) is 0 Å². The third kappa shape index (κ3) is 5.20. The van der Waals surface area contributed by atoms with Gasteiger partial charge in [0, 0.05) is 31.4 Å². The first-order valence-electron chi connectivity index (χ1n) is 10.6. The van der Waals surface area contributed by atoms with Gasteiger partial charge in [0.1, 0.15) is 5.75 Å². The standard InChI is InChI=1S/C23H28N6O2/c1-28-22(25-26-27-28)19-4-3-5-20(16-19)24-23(30)29-14-12-18(13-15-29)7-6-17-8-10-21(31-2)11-9-17/h3-5,8-11,16,18H,6-7,12-15H2,1-2H3,(H,24,30). The van der Waals surface area contributed by atoms with Crippen LogP contribution in [0.1, 0.15) is 24.8 Å². The molecule has 2 aromatic carbocycles. The molecule has 8 heteroatoms. The van der Waals surface area contributed by atoms with E-state index in [0.717, 1.165) is 55.8 Å². The molecular weight excluding hydrogens is 392 g/mol. The monoisotopic (exact) mass is 420 g/mol. The number of carbonyl (C=O) groups excluding carboxylic acids is 1. The predicted molar refractivity (Wildman–Crippen MR) is 119 cm³/mol. The maximum Gasteiger partial charge on any atom is 0.321 e. The Bertz CT molecular complexity index is 1010. The van der Waals surface area contributed by atoms with Crippen molar-refractivity contribution in [2.75, 3.05) is 25.5 Å². The lowest BCUT2D eigenvalue weighted by molar-refractivity contribution is 0.180. The zero-order chi connectivity index (χ0) is 21.6. The van der Waals surface area contributed by atoms with Crippen LogP contribution in [0.2, 0.25) is 0 Å². The number of nitrogens with zero attached hydrogens (tertiary/aromatic N) is 5. The number of nitrogens with one attached hydrogen (secondary N) is 1. The fourth-order valence-electron chi connectivity index (χ4n) is 4.00. The van der Waals surface area contributed by atoms with Gasteiger partial charge in [-0.15, -0.1) is 5.10 Å². The van der Waals surface area contributed by atoms with Crippen molar-refractivity contribution in [1.29, 1.82) is 0 Å². The number of methoxy groups -OCH3 is 1. The van der Waals surface area contributed by atoms with Crippen LogP contribution in [0.3, 0.4) is 0 Å². The lowest BCUT2D eigenvalue weighted by Gasteiger charge is -2.32. The van der Waals surface area contributed by atoms with E-state index in [0.29, 0.717) is 11.7 Å². The summed E-state index contributed by atoms with van der Waals surface area (Å²) >= 11 is 0. The molecule has 0 bridgehead atoms. The number of aromatic nitrogens is 4. The number of rotatable bonds is 6. The molecule has 1 aliphatic heterocycles. The average Bonchev–Trinajstić information content (AvgIpc) is 3.24. The molecule has 0 atom stereocenters. The minimum absolute atomic E-state index is 0.0538. The van der Waals surface area contributed by atoms with E-state index in [1.807, 2.05) is 41.3 Å². The first-order chi connectivity index (χ1) is 15.1. The number of hydrogen-bond acceptors (Lipinski definition) is 5. The number of likely N-dealkylation sites (tertiary alicyclic amines) is 1. The average molecular weight is 421 g/mol. The number of amides is 2. The molecule has 0 spiro atoms. The van der Waals surface area contributed by atoms with Gasteiger partial charge in [-0.3, -0.25) is 0 Å². The second-order valence-electron chi connectivity index (χ2n) is 7.95. The summed E-state index contributed by atoms with van der Waals surface area (Å²) in [7, 11) is 3.48. The van der Waals surface area contributed by atoms with Crippen LogP contribution in [-0.2, 0) is 13.5 Å². The highest BCUT2D eigenvalue weighted by molar-refractivity contribution is 5.90. The van der Waals surface area contributed by atoms with Crippen LogP contribution in [-0.4, -0.2) is 51.3 Å². The zero-order valence-corrected chi connectivity index (χ0v) is 18.0. The Morgan fingerprint density at radius 2 is 1.94 bits per heavy atom. The van der Waals surface area contributed by atoms with Crippen LogP contribution in [0.5, 0.6) is 5.75 Å². The largest absolute Gasteiger partial charge is 0.497 e. The van der Waals surface area contributed by atoms with Crippen molar-refractivity contribution in [2.24, 2.45) is 13.0 Å². The molecule has 1 saturated heterocycles. The van der Waals surface area contributed by atoms with Crippen molar-refractivity contribution in [3.05, 3.63) is 54.1 Å². The molecule has 162 valence electrons. The highest BCUT2D eigenvalue weighted by Crippen LogP contribution is 2.24. The van der Waals surface area contributed by atoms with Crippen molar-refractivity contribution in [1.82, 2.24) is 25.1 Å². The van der Waals surface area contributed by atoms with E-state index in [1.54, 1.807) is 18.8 Å². The molecule has 31 heavy (non-hydrogen) atoms. The van der Waals surface area contributed by atoms with Crippen LogP contribution in [0.25, 0.3) is 11.4 Å². The number of urea groups is 1. The maximum atomic E-state index is 12.7. The zero-order valence-electron chi connectivity index (χ0n) is 18.0. The molecule has 0 unspecified atom stereocenters. The topological polar surface area (TPSA) is 85.2 Å². The van der Waals surface area contributed by atoms with Gasteiger partial charge in [-0.2, -0.15) is 0 Å². The number of tetrazole rings is 1. The minimum Gasteiger partial charge on any atom is -0.497 e. The van der Waals surface area contributed by atoms with Crippen molar-refractivity contribution >= 4 is 11.7 Å². The number of benzene rings is 2. The van der Waals surface area contributed by atoms with Crippen LogP contribution < -0.4 is 10.1 Å². The Morgan fingerprint density at radius 3 is 2.61 bits per heavy atom. The molecule has 0 aliphatic carbocycles. The highest BCUT2D eigenvalue weighted by Gasteiger charge is 2.23. The van der Waals surface area contributed by atoms with E-state index in [2.05, 4.69) is 33.0 Å². The van der Waals surface area contributed by atoms with E-state index in [1.165, 1.54) is 5.56 Å². The van der Waals surface area contributed by atoms with Crippen LogP contribution in [0, 0.1) is 5.92 Å². The molecular formula is C23H28N6O2. The molecule has 2 heterocycles. The van der Waals surface area contributed by atoms with Gasteiger partial charge in [-0.05, 0) is 71.9 Å². The Balaban J connectivity index is 1.26. The molecule has 1 aromatic heterocycles. The summed E-state index contributed by atoms with van der Waals surface area (Å²) in [5.41, 5.74) is 2.94. The van der Waals surface area contributed by atoms with Crippen LogP contribution in [0.4, 0.5) is 10.5 Å². The Hall–Kier alpha value is -3.42. The van der Waals surface area contributed by atoms with Crippen molar-refractivity contribution in [2.45, 2.75) is 25.7 Å². The summed E-state index contributed by atoms with van der Waals surface area (Å²) in [6, 6.07) is 15.8. The van der Waals surface area contributed by atoms with Gasteiger partial charge in [0.05, 0.1) is 7.11 Å². The fraction of sp³-hybridized carbons (Fsp3) is 0.391. The molecule has 1 N–H and O–H groups in total. The fourth-order valence-corrected chi connectivity index (χ4v) is 4.00. The Labute approximate surface area is 182 Å². The smallest absolute Gasteiger partial charge is 0.321 e. The number of piperidine rings is 1. The number of carbonyl (C=O) groups is 1. The summed E-state index contributed by atoms with van der Waals surface area (Å²) in [6.45, 7) is 1.57. The first-order valence-corrected chi connectivity index (χ1v) is 10.6. The van der Waals surface area contributed by atoms with Crippen LogP contribution >= 0.6 is 0 Å². The lowest BCUT2D eigenvalue weighted by Crippen LogP contribution is -2.41. The van der Waals surface area contributed by atoms with E-state index >= 15 is 0 Å². The first kappa shape index (κ1) is 20.8. The molecule has 1 fully saturated rings. The van der Waals surface area contributed by atoms with Crippen LogP contribution in [0.15, 0.2) is 48.5 Å². The molecule has 0 saturated carbocycles. The normalized spacial score (nSPS) is 14.5. The summed E-state index contributed by atoms with van der Waals surface area (Å²) < 4.78 is 6.83. The number of ether oxygens (including phenoxy) is 1.